The van der Waals surface area contributed by atoms with Gasteiger partial charge in [0.15, 0.2) is 5.82 Å². The predicted octanol–water partition coefficient (Wildman–Crippen LogP) is 3.45. The number of aryl methyl sites for hydroxylation is 2. The number of hydrogen-bond donors (Lipinski definition) is 0. The number of amides is 1. The Morgan fingerprint density at radius 3 is 2.41 bits per heavy atom. The molecule has 4 rings (SSSR count). The number of carbonyl (C=O) groups is 1. The van der Waals surface area contributed by atoms with Crippen molar-refractivity contribution < 1.29 is 9.53 Å². The molecule has 0 atom stereocenters. The quantitative estimate of drug-likeness (QED) is 0.595. The Morgan fingerprint density at radius 2 is 1.75 bits per heavy atom. The van der Waals surface area contributed by atoms with Gasteiger partial charge in [-0.3, -0.25) is 9.78 Å². The van der Waals surface area contributed by atoms with Crippen LogP contribution in [0.25, 0.3) is 11.5 Å². The Kier molecular flexibility index (Phi) is 6.63. The highest BCUT2D eigenvalue weighted by Crippen LogP contribution is 2.24. The van der Waals surface area contributed by atoms with Crippen molar-refractivity contribution in [2.45, 2.75) is 26.7 Å². The standard InChI is InChI=1S/C25H29N5O2/c1-18-19(2)27-24(22-6-4-5-13-26-22)28-25(18)30-16-14-29(15-17-30)23(31)12-9-20-7-10-21(32-3)11-8-20/h4-8,10-11,13H,9,12,14-17H2,1-3H3. The maximum Gasteiger partial charge on any atom is 0.223 e. The van der Waals surface area contributed by atoms with Gasteiger partial charge in [0, 0.05) is 50.1 Å². The van der Waals surface area contributed by atoms with Crippen molar-refractivity contribution in [2.75, 3.05) is 38.2 Å². The summed E-state index contributed by atoms with van der Waals surface area (Å²) < 4.78 is 5.19. The zero-order chi connectivity index (χ0) is 22.5. The fraction of sp³-hybridized carbons (Fsp3) is 0.360. The first kappa shape index (κ1) is 21.7. The van der Waals surface area contributed by atoms with Gasteiger partial charge in [-0.15, -0.1) is 0 Å². The molecule has 0 bridgehead atoms. The van der Waals surface area contributed by atoms with Crippen molar-refractivity contribution in [1.29, 1.82) is 0 Å². The van der Waals surface area contributed by atoms with Gasteiger partial charge >= 0.3 is 0 Å². The van der Waals surface area contributed by atoms with Crippen LogP contribution in [0.1, 0.15) is 23.2 Å². The summed E-state index contributed by atoms with van der Waals surface area (Å²) in [5.74, 6) is 2.60. The lowest BCUT2D eigenvalue weighted by Crippen LogP contribution is -2.49. The van der Waals surface area contributed by atoms with Gasteiger partial charge in [0.2, 0.25) is 5.91 Å². The monoisotopic (exact) mass is 431 g/mol. The first-order chi connectivity index (χ1) is 15.5. The topological polar surface area (TPSA) is 71.5 Å². The molecule has 7 heteroatoms. The van der Waals surface area contributed by atoms with Gasteiger partial charge in [-0.2, -0.15) is 0 Å². The number of piperazine rings is 1. The first-order valence-corrected chi connectivity index (χ1v) is 11.0. The second-order valence-electron chi connectivity index (χ2n) is 8.01. The zero-order valence-electron chi connectivity index (χ0n) is 18.9. The lowest BCUT2D eigenvalue weighted by Gasteiger charge is -2.36. The van der Waals surface area contributed by atoms with Gasteiger partial charge in [-0.05, 0) is 50.1 Å². The molecule has 0 saturated carbocycles. The molecule has 0 radical (unpaired) electrons. The van der Waals surface area contributed by atoms with Gasteiger partial charge < -0.3 is 14.5 Å². The van der Waals surface area contributed by atoms with Gasteiger partial charge in [0.05, 0.1) is 7.11 Å². The SMILES string of the molecule is COc1ccc(CCC(=O)N2CCN(c3nc(-c4ccccn4)nc(C)c3C)CC2)cc1. The van der Waals surface area contributed by atoms with Crippen LogP contribution in [0.3, 0.4) is 0 Å². The summed E-state index contributed by atoms with van der Waals surface area (Å²) in [4.78, 5) is 30.8. The van der Waals surface area contributed by atoms with Crippen molar-refractivity contribution in [3.05, 3.63) is 65.5 Å². The Labute approximate surface area is 189 Å². The minimum absolute atomic E-state index is 0.199. The Morgan fingerprint density at radius 1 is 1.00 bits per heavy atom. The molecule has 166 valence electrons. The number of methoxy groups -OCH3 is 1. The number of rotatable bonds is 6. The molecule has 3 aromatic rings. The maximum absolute atomic E-state index is 12.7. The molecule has 1 aromatic carbocycles. The molecular formula is C25H29N5O2. The minimum Gasteiger partial charge on any atom is -0.497 e. The van der Waals surface area contributed by atoms with Crippen LogP contribution < -0.4 is 9.64 Å². The largest absolute Gasteiger partial charge is 0.497 e. The molecule has 1 fully saturated rings. The Bertz CT molecular complexity index is 1060. The Hall–Kier alpha value is -3.48. The number of nitrogens with zero attached hydrogens (tertiary/aromatic N) is 5. The summed E-state index contributed by atoms with van der Waals surface area (Å²) in [6, 6.07) is 13.7. The molecule has 0 N–H and O–H groups in total. The number of ether oxygens (including phenoxy) is 1. The zero-order valence-corrected chi connectivity index (χ0v) is 18.9. The summed E-state index contributed by atoms with van der Waals surface area (Å²) in [5, 5.41) is 0. The minimum atomic E-state index is 0.199. The van der Waals surface area contributed by atoms with Gasteiger partial charge in [0.25, 0.3) is 0 Å². The molecule has 0 spiro atoms. The molecule has 1 saturated heterocycles. The van der Waals surface area contributed by atoms with E-state index in [9.17, 15) is 4.79 Å². The summed E-state index contributed by atoms with van der Waals surface area (Å²) in [6.07, 6.45) is 3.01. The second kappa shape index (κ2) is 9.77. The van der Waals surface area contributed by atoms with Crippen molar-refractivity contribution in [2.24, 2.45) is 0 Å². The molecule has 7 nitrogen and oxygen atoms in total. The number of carbonyl (C=O) groups excluding carboxylic acids is 1. The number of pyridine rings is 1. The fourth-order valence-corrected chi connectivity index (χ4v) is 3.90. The Balaban J connectivity index is 1.38. The van der Waals surface area contributed by atoms with Crippen molar-refractivity contribution in [1.82, 2.24) is 19.9 Å². The highest BCUT2D eigenvalue weighted by molar-refractivity contribution is 5.77. The van der Waals surface area contributed by atoms with E-state index in [4.69, 9.17) is 9.72 Å². The van der Waals surface area contributed by atoms with E-state index in [1.54, 1.807) is 13.3 Å². The van der Waals surface area contributed by atoms with E-state index >= 15 is 0 Å². The first-order valence-electron chi connectivity index (χ1n) is 11.0. The van der Waals surface area contributed by atoms with E-state index in [-0.39, 0.29) is 5.91 Å². The molecular weight excluding hydrogens is 402 g/mol. The maximum atomic E-state index is 12.7. The van der Waals surface area contributed by atoms with Crippen molar-refractivity contribution in [3.8, 4) is 17.3 Å². The van der Waals surface area contributed by atoms with Crippen molar-refractivity contribution >= 4 is 11.7 Å². The van der Waals surface area contributed by atoms with Crippen LogP contribution in [-0.2, 0) is 11.2 Å². The van der Waals surface area contributed by atoms with E-state index in [2.05, 4.69) is 21.8 Å². The smallest absolute Gasteiger partial charge is 0.223 e. The van der Waals surface area contributed by atoms with Crippen LogP contribution in [0.5, 0.6) is 5.75 Å². The number of anilines is 1. The fourth-order valence-electron chi connectivity index (χ4n) is 3.90. The highest BCUT2D eigenvalue weighted by Gasteiger charge is 2.24. The molecule has 32 heavy (non-hydrogen) atoms. The second-order valence-corrected chi connectivity index (χ2v) is 8.01. The summed E-state index contributed by atoms with van der Waals surface area (Å²) in [7, 11) is 1.65. The third-order valence-electron chi connectivity index (χ3n) is 5.98. The van der Waals surface area contributed by atoms with Crippen LogP contribution in [0.15, 0.2) is 48.7 Å². The van der Waals surface area contributed by atoms with Crippen LogP contribution in [0.4, 0.5) is 5.82 Å². The molecule has 3 heterocycles. The molecule has 0 aliphatic carbocycles. The van der Waals surface area contributed by atoms with Gasteiger partial charge in [0.1, 0.15) is 17.3 Å². The van der Waals surface area contributed by atoms with E-state index in [1.165, 1.54) is 0 Å². The third kappa shape index (κ3) is 4.88. The molecule has 1 amide bonds. The van der Waals surface area contributed by atoms with E-state index in [1.807, 2.05) is 54.3 Å². The number of aromatic nitrogens is 3. The number of benzene rings is 1. The molecule has 2 aromatic heterocycles. The average Bonchev–Trinajstić information content (AvgIpc) is 2.85. The van der Waals surface area contributed by atoms with Crippen LogP contribution in [0.2, 0.25) is 0 Å². The average molecular weight is 432 g/mol. The lowest BCUT2D eigenvalue weighted by atomic mass is 10.1. The summed E-state index contributed by atoms with van der Waals surface area (Å²) in [6.45, 7) is 6.97. The predicted molar refractivity (Wildman–Crippen MR) is 125 cm³/mol. The van der Waals surface area contributed by atoms with E-state index < -0.39 is 0 Å². The summed E-state index contributed by atoms with van der Waals surface area (Å²) >= 11 is 0. The van der Waals surface area contributed by atoms with Crippen LogP contribution in [-0.4, -0.2) is 59.0 Å². The van der Waals surface area contributed by atoms with E-state index in [0.717, 1.165) is 53.6 Å². The van der Waals surface area contributed by atoms with E-state index in [0.29, 0.717) is 25.3 Å². The van der Waals surface area contributed by atoms with Crippen LogP contribution in [0, 0.1) is 13.8 Å². The molecule has 0 unspecified atom stereocenters. The van der Waals surface area contributed by atoms with Gasteiger partial charge in [-0.25, -0.2) is 9.97 Å². The number of hydrogen-bond acceptors (Lipinski definition) is 6. The van der Waals surface area contributed by atoms with Crippen LogP contribution >= 0.6 is 0 Å². The highest BCUT2D eigenvalue weighted by atomic mass is 16.5. The lowest BCUT2D eigenvalue weighted by molar-refractivity contribution is -0.131. The normalized spacial score (nSPS) is 13.8. The molecule has 1 aliphatic rings. The van der Waals surface area contributed by atoms with Crippen molar-refractivity contribution in [3.63, 3.8) is 0 Å². The summed E-state index contributed by atoms with van der Waals surface area (Å²) in [5.41, 5.74) is 3.94. The molecule has 1 aliphatic heterocycles. The van der Waals surface area contributed by atoms with Gasteiger partial charge in [-0.1, -0.05) is 18.2 Å². The third-order valence-corrected chi connectivity index (χ3v) is 5.98.